The van der Waals surface area contributed by atoms with Gasteiger partial charge >= 0.3 is 0 Å². The van der Waals surface area contributed by atoms with Crippen molar-refractivity contribution in [1.82, 2.24) is 19.7 Å². The molecular weight excluding hydrogens is 360 g/mol. The standard InChI is InChI=1S/C24H28N4O/c1-3-15-27(16-4-2)23(29)13-12-22-19-28(18-20-9-6-5-7-10-20)26-24(22)21-11-8-14-25-17-21/h5-14,17,19H,3-4,15-16,18H2,1-2H3/b13-12+. The van der Waals surface area contributed by atoms with Crippen LogP contribution in [0, 0.1) is 0 Å². The molecule has 0 unspecified atom stereocenters. The van der Waals surface area contributed by atoms with Crippen LogP contribution in [0.15, 0.2) is 67.1 Å². The number of amides is 1. The summed E-state index contributed by atoms with van der Waals surface area (Å²) in [6.45, 7) is 6.41. The summed E-state index contributed by atoms with van der Waals surface area (Å²) in [7, 11) is 0. The average molecular weight is 389 g/mol. The second-order valence-electron chi connectivity index (χ2n) is 7.02. The molecule has 0 atom stereocenters. The minimum absolute atomic E-state index is 0.0432. The van der Waals surface area contributed by atoms with Crippen molar-refractivity contribution in [2.45, 2.75) is 33.2 Å². The minimum atomic E-state index is 0.0432. The first-order valence-corrected chi connectivity index (χ1v) is 10.2. The van der Waals surface area contributed by atoms with Crippen LogP contribution in [0.1, 0.15) is 37.8 Å². The lowest BCUT2D eigenvalue weighted by Crippen LogP contribution is -2.30. The summed E-state index contributed by atoms with van der Waals surface area (Å²) in [6, 6.07) is 14.1. The van der Waals surface area contributed by atoms with Gasteiger partial charge in [-0.1, -0.05) is 44.2 Å². The van der Waals surface area contributed by atoms with Gasteiger partial charge in [-0.3, -0.25) is 14.5 Å². The van der Waals surface area contributed by atoms with Crippen LogP contribution >= 0.6 is 0 Å². The number of carbonyl (C=O) groups is 1. The van der Waals surface area contributed by atoms with Gasteiger partial charge in [0.2, 0.25) is 5.91 Å². The number of benzene rings is 1. The zero-order valence-electron chi connectivity index (χ0n) is 17.2. The fourth-order valence-electron chi connectivity index (χ4n) is 3.28. The van der Waals surface area contributed by atoms with E-state index >= 15 is 0 Å². The lowest BCUT2D eigenvalue weighted by Gasteiger charge is -2.19. The van der Waals surface area contributed by atoms with E-state index in [0.717, 1.165) is 42.8 Å². The van der Waals surface area contributed by atoms with Gasteiger partial charge in [0.05, 0.1) is 6.54 Å². The summed E-state index contributed by atoms with van der Waals surface area (Å²) in [4.78, 5) is 18.8. The molecule has 0 N–H and O–H groups in total. The number of pyridine rings is 1. The molecule has 150 valence electrons. The van der Waals surface area contributed by atoms with Crippen molar-refractivity contribution in [1.29, 1.82) is 0 Å². The van der Waals surface area contributed by atoms with E-state index in [9.17, 15) is 4.79 Å². The van der Waals surface area contributed by atoms with Crippen molar-refractivity contribution in [3.63, 3.8) is 0 Å². The lowest BCUT2D eigenvalue weighted by atomic mass is 10.1. The van der Waals surface area contributed by atoms with E-state index in [1.54, 1.807) is 18.5 Å². The largest absolute Gasteiger partial charge is 0.339 e. The molecule has 0 aliphatic heterocycles. The molecule has 0 saturated carbocycles. The van der Waals surface area contributed by atoms with E-state index in [4.69, 9.17) is 5.10 Å². The Morgan fingerprint density at radius 2 is 1.83 bits per heavy atom. The Hall–Kier alpha value is -3.21. The maximum Gasteiger partial charge on any atom is 0.246 e. The first-order chi connectivity index (χ1) is 14.2. The van der Waals surface area contributed by atoms with Crippen LogP contribution in [0.5, 0.6) is 0 Å². The number of hydrogen-bond donors (Lipinski definition) is 0. The molecule has 0 spiro atoms. The van der Waals surface area contributed by atoms with Gasteiger partial charge in [-0.2, -0.15) is 5.10 Å². The second-order valence-corrected chi connectivity index (χ2v) is 7.02. The smallest absolute Gasteiger partial charge is 0.246 e. The lowest BCUT2D eigenvalue weighted by molar-refractivity contribution is -0.126. The van der Waals surface area contributed by atoms with Crippen LogP contribution in [0.2, 0.25) is 0 Å². The van der Waals surface area contributed by atoms with Crippen molar-refractivity contribution in [3.05, 3.63) is 78.3 Å². The van der Waals surface area contributed by atoms with E-state index in [2.05, 4.69) is 31.0 Å². The second kappa shape index (κ2) is 10.4. The third-order valence-electron chi connectivity index (χ3n) is 4.62. The molecule has 2 aromatic heterocycles. The van der Waals surface area contributed by atoms with E-state index in [0.29, 0.717) is 6.54 Å². The molecule has 3 aromatic rings. The summed E-state index contributed by atoms with van der Waals surface area (Å²) in [5.41, 5.74) is 3.85. The monoisotopic (exact) mass is 388 g/mol. The summed E-state index contributed by atoms with van der Waals surface area (Å²) in [6.07, 6.45) is 11.0. The molecule has 0 bridgehead atoms. The number of nitrogens with zero attached hydrogens (tertiary/aromatic N) is 4. The number of hydrogen-bond acceptors (Lipinski definition) is 3. The van der Waals surface area contributed by atoms with Gasteiger partial charge in [0.1, 0.15) is 5.69 Å². The van der Waals surface area contributed by atoms with Crippen molar-refractivity contribution < 1.29 is 4.79 Å². The summed E-state index contributed by atoms with van der Waals surface area (Å²) < 4.78 is 1.91. The zero-order valence-corrected chi connectivity index (χ0v) is 17.2. The van der Waals surface area contributed by atoms with E-state index in [1.807, 2.05) is 52.2 Å². The first-order valence-electron chi connectivity index (χ1n) is 10.2. The molecule has 5 heteroatoms. The molecule has 0 fully saturated rings. The number of carbonyl (C=O) groups excluding carboxylic acids is 1. The molecular formula is C24H28N4O. The van der Waals surface area contributed by atoms with Gasteiger partial charge in [0.15, 0.2) is 0 Å². The minimum Gasteiger partial charge on any atom is -0.339 e. The number of aromatic nitrogens is 3. The van der Waals surface area contributed by atoms with Gasteiger partial charge < -0.3 is 4.90 Å². The van der Waals surface area contributed by atoms with Crippen molar-refractivity contribution in [2.75, 3.05) is 13.1 Å². The molecule has 0 saturated heterocycles. The van der Waals surface area contributed by atoms with Crippen LogP contribution in [0.25, 0.3) is 17.3 Å². The van der Waals surface area contributed by atoms with Crippen molar-refractivity contribution in [3.8, 4) is 11.3 Å². The Morgan fingerprint density at radius 1 is 1.07 bits per heavy atom. The van der Waals surface area contributed by atoms with Crippen LogP contribution in [-0.2, 0) is 11.3 Å². The van der Waals surface area contributed by atoms with Crippen LogP contribution in [-0.4, -0.2) is 38.7 Å². The highest BCUT2D eigenvalue weighted by Crippen LogP contribution is 2.23. The topological polar surface area (TPSA) is 51.0 Å². The molecule has 2 heterocycles. The fourth-order valence-corrected chi connectivity index (χ4v) is 3.28. The van der Waals surface area contributed by atoms with Crippen LogP contribution in [0.4, 0.5) is 0 Å². The van der Waals surface area contributed by atoms with Gasteiger partial charge in [-0.25, -0.2) is 0 Å². The highest BCUT2D eigenvalue weighted by molar-refractivity contribution is 5.92. The third-order valence-corrected chi connectivity index (χ3v) is 4.62. The number of rotatable bonds is 9. The summed E-state index contributed by atoms with van der Waals surface area (Å²) in [5.74, 6) is 0.0432. The predicted molar refractivity (Wildman–Crippen MR) is 117 cm³/mol. The van der Waals surface area contributed by atoms with Crippen molar-refractivity contribution in [2.24, 2.45) is 0 Å². The highest BCUT2D eigenvalue weighted by atomic mass is 16.2. The van der Waals surface area contributed by atoms with Crippen LogP contribution < -0.4 is 0 Å². The van der Waals surface area contributed by atoms with Gasteiger partial charge in [-0.05, 0) is 36.6 Å². The third kappa shape index (κ3) is 5.64. The molecule has 0 aliphatic rings. The van der Waals surface area contributed by atoms with Gasteiger partial charge in [0, 0.05) is 48.9 Å². The Labute approximate surface area is 172 Å². The first kappa shape index (κ1) is 20.5. The van der Waals surface area contributed by atoms with E-state index < -0.39 is 0 Å². The maximum absolute atomic E-state index is 12.6. The SMILES string of the molecule is CCCN(CCC)C(=O)/C=C/c1cn(Cc2ccccc2)nc1-c1cccnc1. The average Bonchev–Trinajstić information content (AvgIpc) is 3.16. The molecule has 1 aromatic carbocycles. The molecule has 3 rings (SSSR count). The predicted octanol–water partition coefficient (Wildman–Crippen LogP) is 4.66. The zero-order chi connectivity index (χ0) is 20.5. The van der Waals surface area contributed by atoms with E-state index in [1.165, 1.54) is 5.56 Å². The highest BCUT2D eigenvalue weighted by Gasteiger charge is 2.12. The molecule has 1 amide bonds. The normalized spacial score (nSPS) is 11.1. The Morgan fingerprint density at radius 3 is 2.48 bits per heavy atom. The Kier molecular flexibility index (Phi) is 7.34. The van der Waals surface area contributed by atoms with Gasteiger partial charge in [-0.15, -0.1) is 0 Å². The maximum atomic E-state index is 12.6. The molecule has 5 nitrogen and oxygen atoms in total. The molecule has 0 aliphatic carbocycles. The van der Waals surface area contributed by atoms with E-state index in [-0.39, 0.29) is 5.91 Å². The van der Waals surface area contributed by atoms with Crippen LogP contribution in [0.3, 0.4) is 0 Å². The van der Waals surface area contributed by atoms with Crippen molar-refractivity contribution >= 4 is 12.0 Å². The summed E-state index contributed by atoms with van der Waals surface area (Å²) in [5, 5.41) is 4.77. The quantitative estimate of drug-likeness (QED) is 0.501. The molecule has 29 heavy (non-hydrogen) atoms. The Bertz CT molecular complexity index is 926. The molecule has 0 radical (unpaired) electrons. The summed E-state index contributed by atoms with van der Waals surface area (Å²) >= 11 is 0. The van der Waals surface area contributed by atoms with Gasteiger partial charge in [0.25, 0.3) is 0 Å². The fraction of sp³-hybridized carbons (Fsp3) is 0.292. The Balaban J connectivity index is 1.88.